The molecule has 1 N–H and O–H groups in total. The van der Waals surface area contributed by atoms with Crippen molar-refractivity contribution in [2.45, 2.75) is 45.1 Å². The molecular weight excluding hydrogens is 428 g/mol. The van der Waals surface area contributed by atoms with Crippen LogP contribution in [-0.2, 0) is 21.4 Å². The lowest BCUT2D eigenvalue weighted by Crippen LogP contribution is -2.43. The van der Waals surface area contributed by atoms with E-state index < -0.39 is 10.0 Å². The van der Waals surface area contributed by atoms with Crippen molar-refractivity contribution in [3.05, 3.63) is 52.6 Å². The number of aryl methyl sites for hydroxylation is 3. The number of carbonyl (C=O) groups excluding carboxylic acids is 1. The highest BCUT2D eigenvalue weighted by Gasteiger charge is 2.33. The van der Waals surface area contributed by atoms with Gasteiger partial charge in [-0.25, -0.2) is 8.42 Å². The molecule has 0 bridgehead atoms. The van der Waals surface area contributed by atoms with Crippen LogP contribution in [0.5, 0.6) is 11.5 Å². The zero-order valence-corrected chi connectivity index (χ0v) is 20.2. The summed E-state index contributed by atoms with van der Waals surface area (Å²) in [4.78, 5) is 13.1. The molecule has 1 heterocycles. The van der Waals surface area contributed by atoms with Crippen LogP contribution in [0.2, 0.25) is 0 Å². The number of sulfonamides is 1. The Hall–Kier alpha value is -2.58. The fourth-order valence-electron chi connectivity index (χ4n) is 4.39. The summed E-state index contributed by atoms with van der Waals surface area (Å²) in [7, 11) is -0.435. The second kappa shape index (κ2) is 9.92. The summed E-state index contributed by atoms with van der Waals surface area (Å²) in [6, 6.07) is 9.31. The fraction of sp³-hybridized carbons (Fsp3) is 0.458. The van der Waals surface area contributed by atoms with Gasteiger partial charge in [-0.2, -0.15) is 4.31 Å². The predicted octanol–water partition coefficient (Wildman–Crippen LogP) is 3.35. The maximum atomic E-state index is 13.2. The molecule has 7 nitrogen and oxygen atoms in total. The summed E-state index contributed by atoms with van der Waals surface area (Å²) in [6.45, 7) is 6.68. The summed E-state index contributed by atoms with van der Waals surface area (Å²) >= 11 is 0. The predicted molar refractivity (Wildman–Crippen MR) is 124 cm³/mol. The second-order valence-corrected chi connectivity index (χ2v) is 10.2. The van der Waals surface area contributed by atoms with Crippen molar-refractivity contribution in [2.75, 3.05) is 27.3 Å². The molecule has 0 saturated carbocycles. The van der Waals surface area contributed by atoms with Crippen LogP contribution in [0, 0.1) is 26.7 Å². The Labute approximate surface area is 190 Å². The maximum Gasteiger partial charge on any atom is 0.243 e. The van der Waals surface area contributed by atoms with Gasteiger partial charge in [0.15, 0.2) is 11.5 Å². The fourth-order valence-corrected chi connectivity index (χ4v) is 6.27. The Balaban J connectivity index is 1.60. The van der Waals surface area contributed by atoms with E-state index in [1.165, 1.54) is 4.31 Å². The largest absolute Gasteiger partial charge is 0.493 e. The van der Waals surface area contributed by atoms with Gasteiger partial charge >= 0.3 is 0 Å². The molecule has 0 radical (unpaired) electrons. The van der Waals surface area contributed by atoms with Crippen molar-refractivity contribution < 1.29 is 22.7 Å². The van der Waals surface area contributed by atoms with Crippen LogP contribution < -0.4 is 14.8 Å². The number of ether oxygens (including phenoxy) is 2. The van der Waals surface area contributed by atoms with Gasteiger partial charge in [0.25, 0.3) is 0 Å². The minimum atomic E-state index is -3.58. The summed E-state index contributed by atoms with van der Waals surface area (Å²) < 4.78 is 38.5. The average molecular weight is 461 g/mol. The molecule has 2 aromatic carbocycles. The first kappa shape index (κ1) is 24.1. The number of benzene rings is 2. The number of nitrogens with zero attached hydrogens (tertiary/aromatic N) is 1. The third-order valence-corrected chi connectivity index (χ3v) is 8.15. The molecule has 3 rings (SSSR count). The van der Waals surface area contributed by atoms with Crippen molar-refractivity contribution >= 4 is 15.9 Å². The van der Waals surface area contributed by atoms with Crippen LogP contribution in [0.25, 0.3) is 0 Å². The Morgan fingerprint density at radius 1 is 1.00 bits per heavy atom. The number of hydrogen-bond donors (Lipinski definition) is 1. The van der Waals surface area contributed by atoms with Crippen LogP contribution in [0.3, 0.4) is 0 Å². The first-order chi connectivity index (χ1) is 15.2. The Morgan fingerprint density at radius 2 is 1.59 bits per heavy atom. The quantitative estimate of drug-likeness (QED) is 0.685. The number of methoxy groups -OCH3 is 2. The lowest BCUT2D eigenvalue weighted by Gasteiger charge is -2.31. The lowest BCUT2D eigenvalue weighted by molar-refractivity contribution is -0.126. The number of carbonyl (C=O) groups is 1. The topological polar surface area (TPSA) is 84.9 Å². The van der Waals surface area contributed by atoms with Crippen LogP contribution in [0.4, 0.5) is 0 Å². The SMILES string of the molecule is COc1ccc(CNC(=O)C2CCN(S(=O)(=O)c3c(C)cc(C)cc3C)CC2)cc1OC. The van der Waals surface area contributed by atoms with Crippen molar-refractivity contribution in [1.82, 2.24) is 9.62 Å². The van der Waals surface area contributed by atoms with E-state index in [2.05, 4.69) is 5.32 Å². The first-order valence-corrected chi connectivity index (χ1v) is 12.2. The molecule has 8 heteroatoms. The van der Waals surface area contributed by atoms with Gasteiger partial charge in [0.2, 0.25) is 15.9 Å². The minimum absolute atomic E-state index is 0.0560. The van der Waals surface area contributed by atoms with Gasteiger partial charge in [-0.3, -0.25) is 4.79 Å². The zero-order valence-electron chi connectivity index (χ0n) is 19.4. The minimum Gasteiger partial charge on any atom is -0.493 e. The zero-order chi connectivity index (χ0) is 23.5. The number of piperidine rings is 1. The van der Waals surface area contributed by atoms with Crippen LogP contribution >= 0.6 is 0 Å². The summed E-state index contributed by atoms with van der Waals surface area (Å²) in [6.07, 6.45) is 1.00. The molecule has 2 aromatic rings. The summed E-state index contributed by atoms with van der Waals surface area (Å²) in [5.41, 5.74) is 3.47. The average Bonchev–Trinajstić information content (AvgIpc) is 2.76. The van der Waals surface area contributed by atoms with Gasteiger partial charge in [-0.05, 0) is 62.4 Å². The van der Waals surface area contributed by atoms with E-state index in [1.54, 1.807) is 20.3 Å². The molecule has 1 aliphatic rings. The number of hydrogen-bond acceptors (Lipinski definition) is 5. The van der Waals surface area contributed by atoms with Crippen LogP contribution in [0.15, 0.2) is 35.2 Å². The third-order valence-electron chi connectivity index (χ3n) is 5.94. The van der Waals surface area contributed by atoms with Crippen molar-refractivity contribution in [1.29, 1.82) is 0 Å². The molecule has 174 valence electrons. The highest BCUT2D eigenvalue weighted by Crippen LogP contribution is 2.30. The van der Waals surface area contributed by atoms with Crippen LogP contribution in [0.1, 0.15) is 35.1 Å². The molecule has 0 atom stereocenters. The van der Waals surface area contributed by atoms with E-state index in [0.717, 1.165) is 22.3 Å². The van der Waals surface area contributed by atoms with Gasteiger partial charge in [0, 0.05) is 25.6 Å². The van der Waals surface area contributed by atoms with Gasteiger partial charge < -0.3 is 14.8 Å². The van der Waals surface area contributed by atoms with E-state index in [4.69, 9.17) is 9.47 Å². The summed E-state index contributed by atoms with van der Waals surface area (Å²) in [5.74, 6) is 0.982. The maximum absolute atomic E-state index is 13.2. The second-order valence-electron chi connectivity index (χ2n) is 8.31. The monoisotopic (exact) mass is 460 g/mol. The molecule has 1 saturated heterocycles. The highest BCUT2D eigenvalue weighted by atomic mass is 32.2. The van der Waals surface area contributed by atoms with Gasteiger partial charge in [0.05, 0.1) is 19.1 Å². The van der Waals surface area contributed by atoms with E-state index in [-0.39, 0.29) is 11.8 Å². The third kappa shape index (κ3) is 5.07. The number of rotatable bonds is 7. The highest BCUT2D eigenvalue weighted by molar-refractivity contribution is 7.89. The molecule has 32 heavy (non-hydrogen) atoms. The first-order valence-electron chi connectivity index (χ1n) is 10.7. The molecular formula is C24H32N2O5S. The summed E-state index contributed by atoms with van der Waals surface area (Å²) in [5, 5.41) is 2.96. The Kier molecular flexibility index (Phi) is 7.46. The van der Waals surface area contributed by atoms with Crippen LogP contribution in [-0.4, -0.2) is 45.9 Å². The molecule has 1 amide bonds. The van der Waals surface area contributed by atoms with E-state index >= 15 is 0 Å². The van der Waals surface area contributed by atoms with Gasteiger partial charge in [-0.1, -0.05) is 23.8 Å². The number of amides is 1. The van der Waals surface area contributed by atoms with E-state index in [9.17, 15) is 13.2 Å². The number of nitrogens with one attached hydrogen (secondary N) is 1. The van der Waals surface area contributed by atoms with Crippen molar-refractivity contribution in [3.63, 3.8) is 0 Å². The normalized spacial score (nSPS) is 15.4. The molecule has 1 fully saturated rings. The lowest BCUT2D eigenvalue weighted by atomic mass is 9.97. The van der Waals surface area contributed by atoms with E-state index in [0.29, 0.717) is 48.9 Å². The smallest absolute Gasteiger partial charge is 0.243 e. The standard InChI is InChI=1S/C24H32N2O5S/c1-16-12-17(2)23(18(3)13-16)32(28,29)26-10-8-20(9-11-26)24(27)25-15-19-6-7-21(30-4)22(14-19)31-5/h6-7,12-14,20H,8-11,15H2,1-5H3,(H,25,27). The van der Waals surface area contributed by atoms with Gasteiger partial charge in [0.1, 0.15) is 0 Å². The Morgan fingerprint density at radius 3 is 2.16 bits per heavy atom. The van der Waals surface area contributed by atoms with Gasteiger partial charge in [-0.15, -0.1) is 0 Å². The van der Waals surface area contributed by atoms with Crippen molar-refractivity contribution in [3.8, 4) is 11.5 Å². The molecule has 0 spiro atoms. The molecule has 1 aliphatic heterocycles. The van der Waals surface area contributed by atoms with E-state index in [1.807, 2.05) is 45.0 Å². The molecule has 0 aromatic heterocycles. The molecule has 0 aliphatic carbocycles. The van der Waals surface area contributed by atoms with Crippen molar-refractivity contribution in [2.24, 2.45) is 5.92 Å². The molecule has 0 unspecified atom stereocenters. The Bertz CT molecular complexity index is 1070.